The summed E-state index contributed by atoms with van der Waals surface area (Å²) in [7, 11) is 0. The molecule has 4 heteroatoms. The number of phenols is 2. The minimum absolute atomic E-state index is 0.0218. The third-order valence-electron chi connectivity index (χ3n) is 3.75. The van der Waals surface area contributed by atoms with Gasteiger partial charge in [-0.15, -0.1) is 0 Å². The van der Waals surface area contributed by atoms with Gasteiger partial charge in [-0.05, 0) is 50.2 Å². The van der Waals surface area contributed by atoms with Crippen LogP contribution in [-0.2, 0) is 15.9 Å². The number of phenolic OH excluding ortho intramolecular Hbond substituents is 2. The molecule has 0 aliphatic carbocycles. The predicted octanol–water partition coefficient (Wildman–Crippen LogP) is 4.77. The van der Waals surface area contributed by atoms with Crippen molar-refractivity contribution >= 4 is 0 Å². The molecular formula is C19H32O4. The third kappa shape index (κ3) is 8.24. The molecule has 0 bridgehead atoms. The SMILES string of the molecule is CCCOC(CCCCCCc1cccc(O)c1O)OCCC. The van der Waals surface area contributed by atoms with Gasteiger partial charge in [0.2, 0.25) is 0 Å². The van der Waals surface area contributed by atoms with Gasteiger partial charge >= 0.3 is 0 Å². The van der Waals surface area contributed by atoms with E-state index >= 15 is 0 Å². The molecule has 0 heterocycles. The maximum atomic E-state index is 9.75. The van der Waals surface area contributed by atoms with Crippen LogP contribution in [0.2, 0.25) is 0 Å². The average molecular weight is 324 g/mol. The van der Waals surface area contributed by atoms with E-state index in [0.717, 1.165) is 70.1 Å². The summed E-state index contributed by atoms with van der Waals surface area (Å²) in [6.07, 6.45) is 8.02. The van der Waals surface area contributed by atoms with E-state index in [4.69, 9.17) is 9.47 Å². The van der Waals surface area contributed by atoms with Crippen molar-refractivity contribution in [3.05, 3.63) is 23.8 Å². The number of aromatic hydroxyl groups is 2. The van der Waals surface area contributed by atoms with Crippen LogP contribution in [0.5, 0.6) is 11.5 Å². The number of aryl methyl sites for hydroxylation is 1. The fourth-order valence-corrected chi connectivity index (χ4v) is 2.47. The lowest BCUT2D eigenvalue weighted by atomic mass is 10.0. The topological polar surface area (TPSA) is 58.9 Å². The first-order valence-corrected chi connectivity index (χ1v) is 8.92. The molecule has 132 valence electrons. The summed E-state index contributed by atoms with van der Waals surface area (Å²) in [5.41, 5.74) is 0.820. The summed E-state index contributed by atoms with van der Waals surface area (Å²) in [6, 6.07) is 5.14. The Bertz CT molecular complexity index is 412. The molecule has 0 fully saturated rings. The largest absolute Gasteiger partial charge is 0.504 e. The van der Waals surface area contributed by atoms with E-state index < -0.39 is 0 Å². The molecule has 1 rings (SSSR count). The standard InChI is InChI=1S/C19H32O4/c1-3-14-22-18(23-15-4-2)13-8-6-5-7-10-16-11-9-12-17(20)19(16)21/h9,11-12,18,20-21H,3-8,10,13-15H2,1-2H3. The summed E-state index contributed by atoms with van der Waals surface area (Å²) in [5.74, 6) is -0.0139. The van der Waals surface area contributed by atoms with E-state index in [-0.39, 0.29) is 17.8 Å². The highest BCUT2D eigenvalue weighted by atomic mass is 16.7. The zero-order chi connectivity index (χ0) is 16.9. The molecule has 0 amide bonds. The first kappa shape index (κ1) is 19.8. The average Bonchev–Trinajstić information content (AvgIpc) is 2.56. The first-order valence-electron chi connectivity index (χ1n) is 8.92. The molecule has 0 saturated carbocycles. The second-order valence-electron chi connectivity index (χ2n) is 5.91. The van der Waals surface area contributed by atoms with Gasteiger partial charge in [-0.3, -0.25) is 0 Å². The van der Waals surface area contributed by atoms with Crippen LogP contribution in [0.4, 0.5) is 0 Å². The molecule has 4 nitrogen and oxygen atoms in total. The van der Waals surface area contributed by atoms with Crippen LogP contribution in [0.25, 0.3) is 0 Å². The number of benzene rings is 1. The first-order chi connectivity index (χ1) is 11.2. The van der Waals surface area contributed by atoms with Crippen LogP contribution in [0.1, 0.15) is 64.4 Å². The van der Waals surface area contributed by atoms with E-state index in [0.29, 0.717) is 0 Å². The monoisotopic (exact) mass is 324 g/mol. The van der Waals surface area contributed by atoms with Crippen molar-refractivity contribution in [2.24, 2.45) is 0 Å². The number of para-hydroxylation sites is 1. The highest BCUT2D eigenvalue weighted by Gasteiger charge is 2.09. The highest BCUT2D eigenvalue weighted by molar-refractivity contribution is 5.44. The van der Waals surface area contributed by atoms with Crippen molar-refractivity contribution in [2.75, 3.05) is 13.2 Å². The Balaban J connectivity index is 2.16. The maximum absolute atomic E-state index is 9.75. The summed E-state index contributed by atoms with van der Waals surface area (Å²) in [5, 5.41) is 19.2. The molecule has 1 aromatic carbocycles. The number of unbranched alkanes of at least 4 members (excludes halogenated alkanes) is 3. The zero-order valence-electron chi connectivity index (χ0n) is 14.6. The molecule has 0 aliphatic heterocycles. The van der Waals surface area contributed by atoms with Crippen molar-refractivity contribution in [2.45, 2.75) is 71.5 Å². The van der Waals surface area contributed by atoms with E-state index in [1.54, 1.807) is 6.07 Å². The zero-order valence-corrected chi connectivity index (χ0v) is 14.6. The van der Waals surface area contributed by atoms with Crippen LogP contribution in [0.15, 0.2) is 18.2 Å². The van der Waals surface area contributed by atoms with Crippen molar-refractivity contribution in [1.82, 2.24) is 0 Å². The van der Waals surface area contributed by atoms with E-state index in [1.807, 2.05) is 6.07 Å². The van der Waals surface area contributed by atoms with Crippen LogP contribution < -0.4 is 0 Å². The molecular weight excluding hydrogens is 292 g/mol. The Morgan fingerprint density at radius 3 is 2.22 bits per heavy atom. The van der Waals surface area contributed by atoms with E-state index in [2.05, 4.69) is 13.8 Å². The molecule has 0 aliphatic rings. The van der Waals surface area contributed by atoms with Crippen molar-refractivity contribution in [3.8, 4) is 11.5 Å². The molecule has 0 atom stereocenters. The van der Waals surface area contributed by atoms with Crippen molar-refractivity contribution in [1.29, 1.82) is 0 Å². The fraction of sp³-hybridized carbons (Fsp3) is 0.684. The Labute approximate surface area is 140 Å². The van der Waals surface area contributed by atoms with Crippen molar-refractivity contribution in [3.63, 3.8) is 0 Å². The lowest BCUT2D eigenvalue weighted by molar-refractivity contribution is -0.146. The predicted molar refractivity (Wildman–Crippen MR) is 92.8 cm³/mol. The number of rotatable bonds is 13. The normalized spacial score (nSPS) is 11.3. The number of ether oxygens (including phenoxy) is 2. The molecule has 0 spiro atoms. The molecule has 1 aromatic rings. The van der Waals surface area contributed by atoms with Gasteiger partial charge in [0.25, 0.3) is 0 Å². The summed E-state index contributed by atoms with van der Waals surface area (Å²) in [4.78, 5) is 0. The molecule has 0 aromatic heterocycles. The number of hydrogen-bond acceptors (Lipinski definition) is 4. The molecule has 0 radical (unpaired) electrons. The van der Waals surface area contributed by atoms with Crippen LogP contribution in [0.3, 0.4) is 0 Å². The van der Waals surface area contributed by atoms with Gasteiger partial charge in [0, 0.05) is 13.2 Å². The minimum atomic E-state index is -0.0648. The Morgan fingerprint density at radius 2 is 1.57 bits per heavy atom. The van der Waals surface area contributed by atoms with Gasteiger partial charge < -0.3 is 19.7 Å². The molecule has 0 unspecified atom stereocenters. The lowest BCUT2D eigenvalue weighted by Gasteiger charge is -2.18. The molecule has 23 heavy (non-hydrogen) atoms. The Kier molecular flexibility index (Phi) is 10.5. The maximum Gasteiger partial charge on any atom is 0.160 e. The quantitative estimate of drug-likeness (QED) is 0.312. The molecule has 0 saturated heterocycles. The second-order valence-corrected chi connectivity index (χ2v) is 5.91. The van der Waals surface area contributed by atoms with E-state index in [1.165, 1.54) is 6.07 Å². The summed E-state index contributed by atoms with van der Waals surface area (Å²) >= 11 is 0. The second kappa shape index (κ2) is 12.2. The minimum Gasteiger partial charge on any atom is -0.504 e. The van der Waals surface area contributed by atoms with Gasteiger partial charge in [-0.25, -0.2) is 0 Å². The highest BCUT2D eigenvalue weighted by Crippen LogP contribution is 2.29. The third-order valence-corrected chi connectivity index (χ3v) is 3.75. The molecule has 2 N–H and O–H groups in total. The Hall–Kier alpha value is -1.26. The number of hydrogen-bond donors (Lipinski definition) is 2. The fourth-order valence-electron chi connectivity index (χ4n) is 2.47. The summed E-state index contributed by atoms with van der Waals surface area (Å²) in [6.45, 7) is 5.72. The van der Waals surface area contributed by atoms with Crippen LogP contribution >= 0.6 is 0 Å². The van der Waals surface area contributed by atoms with Gasteiger partial charge in [0.1, 0.15) is 0 Å². The van der Waals surface area contributed by atoms with Crippen LogP contribution in [0, 0.1) is 0 Å². The van der Waals surface area contributed by atoms with Gasteiger partial charge in [-0.2, -0.15) is 0 Å². The lowest BCUT2D eigenvalue weighted by Crippen LogP contribution is -2.18. The summed E-state index contributed by atoms with van der Waals surface area (Å²) < 4.78 is 11.4. The van der Waals surface area contributed by atoms with Gasteiger partial charge in [-0.1, -0.05) is 38.8 Å². The van der Waals surface area contributed by atoms with Crippen molar-refractivity contribution < 1.29 is 19.7 Å². The van der Waals surface area contributed by atoms with Gasteiger partial charge in [0.05, 0.1) is 0 Å². The smallest absolute Gasteiger partial charge is 0.160 e. The Morgan fingerprint density at radius 1 is 0.913 bits per heavy atom. The van der Waals surface area contributed by atoms with Gasteiger partial charge in [0.15, 0.2) is 17.8 Å². The van der Waals surface area contributed by atoms with Crippen LogP contribution in [-0.4, -0.2) is 29.7 Å². The van der Waals surface area contributed by atoms with E-state index in [9.17, 15) is 10.2 Å².